The van der Waals surface area contributed by atoms with E-state index in [1.807, 2.05) is 13.0 Å². The van der Waals surface area contributed by atoms with E-state index in [-0.39, 0.29) is 29.5 Å². The number of nitrogens with zero attached hydrogens (tertiary/aromatic N) is 1. The molecule has 0 unspecified atom stereocenters. The molecule has 2 heterocycles. The highest BCUT2D eigenvalue weighted by atomic mass is 32.2. The van der Waals surface area contributed by atoms with Crippen LogP contribution in [0.25, 0.3) is 0 Å². The van der Waals surface area contributed by atoms with E-state index < -0.39 is 9.84 Å². The number of likely N-dealkylation sites (tertiary alicyclic amines) is 1. The predicted molar refractivity (Wildman–Crippen MR) is 90.0 cm³/mol. The Morgan fingerprint density at radius 1 is 1.26 bits per heavy atom. The fourth-order valence-electron chi connectivity index (χ4n) is 3.53. The molecule has 6 heteroatoms. The van der Waals surface area contributed by atoms with E-state index in [0.29, 0.717) is 12.3 Å². The van der Waals surface area contributed by atoms with Gasteiger partial charge in [0, 0.05) is 12.6 Å². The van der Waals surface area contributed by atoms with Gasteiger partial charge in [-0.25, -0.2) is 8.42 Å². The second-order valence-electron chi connectivity index (χ2n) is 6.68. The van der Waals surface area contributed by atoms with E-state index in [4.69, 9.17) is 0 Å². The normalized spacial score (nSPS) is 28.6. The molecule has 3 rings (SSSR count). The van der Waals surface area contributed by atoms with Crippen molar-refractivity contribution in [2.75, 3.05) is 24.6 Å². The number of nitrogens with one attached hydrogen (secondary N) is 1. The minimum Gasteiger partial charge on any atom is -0.351 e. The van der Waals surface area contributed by atoms with Crippen molar-refractivity contribution in [3.8, 4) is 0 Å². The Hall–Kier alpha value is -1.40. The predicted octanol–water partition coefficient (Wildman–Crippen LogP) is 1.17. The molecule has 2 fully saturated rings. The number of hydrogen-bond donors (Lipinski definition) is 1. The molecule has 1 aromatic rings. The van der Waals surface area contributed by atoms with Crippen molar-refractivity contribution in [2.45, 2.75) is 37.8 Å². The van der Waals surface area contributed by atoms with Gasteiger partial charge in [-0.1, -0.05) is 30.3 Å². The van der Waals surface area contributed by atoms with Crippen LogP contribution in [0.1, 0.15) is 31.2 Å². The summed E-state index contributed by atoms with van der Waals surface area (Å²) in [7, 11) is -2.96. The van der Waals surface area contributed by atoms with Crippen LogP contribution in [0.15, 0.2) is 30.3 Å². The van der Waals surface area contributed by atoms with Crippen LogP contribution in [0.2, 0.25) is 0 Å². The van der Waals surface area contributed by atoms with Crippen molar-refractivity contribution in [2.24, 2.45) is 0 Å². The molecular formula is C17H24N2O3S. The molecular weight excluding hydrogens is 312 g/mol. The second kappa shape index (κ2) is 6.61. The molecule has 0 radical (unpaired) electrons. The van der Waals surface area contributed by atoms with Crippen LogP contribution in [-0.4, -0.2) is 55.9 Å². The minimum atomic E-state index is -2.96. The van der Waals surface area contributed by atoms with Crippen LogP contribution in [0.3, 0.4) is 0 Å². The summed E-state index contributed by atoms with van der Waals surface area (Å²) < 4.78 is 23.0. The topological polar surface area (TPSA) is 66.5 Å². The van der Waals surface area contributed by atoms with Crippen molar-refractivity contribution in [3.05, 3.63) is 35.9 Å². The number of carbonyl (C=O) groups is 1. The Labute approximate surface area is 138 Å². The number of carbonyl (C=O) groups excluding carboxylic acids is 1. The highest BCUT2D eigenvalue weighted by Gasteiger charge is 2.33. The Morgan fingerprint density at radius 3 is 2.65 bits per heavy atom. The third-order valence-electron chi connectivity index (χ3n) is 5.00. The Balaban J connectivity index is 1.54. The van der Waals surface area contributed by atoms with Crippen molar-refractivity contribution in [3.63, 3.8) is 0 Å². The lowest BCUT2D eigenvalue weighted by Gasteiger charge is -2.25. The second-order valence-corrected chi connectivity index (χ2v) is 8.90. The SMILES string of the molecule is C[C@H](C(=O)N[C@H]1CCS(=O)(=O)C1)N1CC[C@H](c2ccccc2)C1. The van der Waals surface area contributed by atoms with Gasteiger partial charge < -0.3 is 5.32 Å². The van der Waals surface area contributed by atoms with E-state index in [1.54, 1.807) is 0 Å². The first-order valence-corrected chi connectivity index (χ1v) is 10.1. The lowest BCUT2D eigenvalue weighted by molar-refractivity contribution is -0.126. The number of hydrogen-bond acceptors (Lipinski definition) is 4. The van der Waals surface area contributed by atoms with Gasteiger partial charge in [0.2, 0.25) is 5.91 Å². The summed E-state index contributed by atoms with van der Waals surface area (Å²) in [5, 5.41) is 2.91. The van der Waals surface area contributed by atoms with E-state index in [1.165, 1.54) is 5.56 Å². The Bertz CT molecular complexity index is 660. The summed E-state index contributed by atoms with van der Waals surface area (Å²) >= 11 is 0. The zero-order valence-electron chi connectivity index (χ0n) is 13.4. The van der Waals surface area contributed by atoms with Crippen LogP contribution in [-0.2, 0) is 14.6 Å². The van der Waals surface area contributed by atoms with Crippen molar-refractivity contribution >= 4 is 15.7 Å². The third kappa shape index (κ3) is 3.93. The molecule has 1 N–H and O–H groups in total. The molecule has 0 aliphatic carbocycles. The van der Waals surface area contributed by atoms with E-state index in [9.17, 15) is 13.2 Å². The van der Waals surface area contributed by atoms with Crippen LogP contribution in [0.5, 0.6) is 0 Å². The molecule has 1 amide bonds. The van der Waals surface area contributed by atoms with Gasteiger partial charge in [0.25, 0.3) is 0 Å². The first-order valence-electron chi connectivity index (χ1n) is 8.24. The van der Waals surface area contributed by atoms with Crippen LogP contribution < -0.4 is 5.32 Å². The summed E-state index contributed by atoms with van der Waals surface area (Å²) in [4.78, 5) is 14.6. The smallest absolute Gasteiger partial charge is 0.237 e. The summed E-state index contributed by atoms with van der Waals surface area (Å²) in [6, 6.07) is 9.96. The van der Waals surface area contributed by atoms with Gasteiger partial charge in [-0.15, -0.1) is 0 Å². The van der Waals surface area contributed by atoms with E-state index in [2.05, 4.69) is 34.5 Å². The molecule has 2 aliphatic rings. The molecule has 1 aromatic carbocycles. The number of rotatable bonds is 4. The third-order valence-corrected chi connectivity index (χ3v) is 6.76. The molecule has 23 heavy (non-hydrogen) atoms. The average molecular weight is 336 g/mol. The molecule has 2 aliphatic heterocycles. The zero-order valence-corrected chi connectivity index (χ0v) is 14.3. The first-order chi connectivity index (χ1) is 10.9. The van der Waals surface area contributed by atoms with Gasteiger partial charge in [-0.3, -0.25) is 9.69 Å². The number of benzene rings is 1. The first kappa shape index (κ1) is 16.5. The van der Waals surface area contributed by atoms with E-state index >= 15 is 0 Å². The van der Waals surface area contributed by atoms with Crippen LogP contribution in [0.4, 0.5) is 0 Å². The highest BCUT2D eigenvalue weighted by Crippen LogP contribution is 2.28. The molecule has 5 nitrogen and oxygen atoms in total. The van der Waals surface area contributed by atoms with Crippen LogP contribution in [0, 0.1) is 0 Å². The Morgan fingerprint density at radius 2 is 2.00 bits per heavy atom. The molecule has 0 spiro atoms. The van der Waals surface area contributed by atoms with Crippen LogP contribution >= 0.6 is 0 Å². The van der Waals surface area contributed by atoms with Crippen molar-refractivity contribution in [1.29, 1.82) is 0 Å². The van der Waals surface area contributed by atoms with Gasteiger partial charge in [-0.05, 0) is 37.8 Å². The fraction of sp³-hybridized carbons (Fsp3) is 0.588. The lowest BCUT2D eigenvalue weighted by atomic mass is 9.99. The molecule has 126 valence electrons. The maximum absolute atomic E-state index is 12.4. The van der Waals surface area contributed by atoms with Crippen molar-refractivity contribution < 1.29 is 13.2 Å². The quantitative estimate of drug-likeness (QED) is 0.896. The van der Waals surface area contributed by atoms with E-state index in [0.717, 1.165) is 19.5 Å². The maximum Gasteiger partial charge on any atom is 0.237 e. The summed E-state index contributed by atoms with van der Waals surface area (Å²) in [6.07, 6.45) is 1.59. The molecule has 2 saturated heterocycles. The lowest BCUT2D eigenvalue weighted by Crippen LogP contribution is -2.47. The fourth-order valence-corrected chi connectivity index (χ4v) is 5.21. The summed E-state index contributed by atoms with van der Waals surface area (Å²) in [6.45, 7) is 3.69. The number of sulfone groups is 1. The monoisotopic (exact) mass is 336 g/mol. The van der Waals surface area contributed by atoms with Gasteiger partial charge in [-0.2, -0.15) is 0 Å². The van der Waals surface area contributed by atoms with Gasteiger partial charge in [0.1, 0.15) is 0 Å². The summed E-state index contributed by atoms with van der Waals surface area (Å²) in [5.74, 6) is 0.684. The summed E-state index contributed by atoms with van der Waals surface area (Å²) in [5.41, 5.74) is 1.32. The average Bonchev–Trinajstić information content (AvgIpc) is 3.14. The van der Waals surface area contributed by atoms with Crippen molar-refractivity contribution in [1.82, 2.24) is 10.2 Å². The Kier molecular flexibility index (Phi) is 4.73. The highest BCUT2D eigenvalue weighted by molar-refractivity contribution is 7.91. The molecule has 3 atom stereocenters. The largest absolute Gasteiger partial charge is 0.351 e. The minimum absolute atomic E-state index is 0.0548. The standard InChI is InChI=1S/C17H24N2O3S/c1-13(17(20)18-16-8-10-23(21,22)12-16)19-9-7-15(11-19)14-5-3-2-4-6-14/h2-6,13,15-16H,7-12H2,1H3,(H,18,20)/t13-,15+,16+/m1/s1. The molecule has 0 aromatic heterocycles. The van der Waals surface area contributed by atoms with Gasteiger partial charge in [0.15, 0.2) is 9.84 Å². The maximum atomic E-state index is 12.4. The zero-order chi connectivity index (χ0) is 16.4. The molecule has 0 bridgehead atoms. The van der Waals surface area contributed by atoms with Gasteiger partial charge in [0.05, 0.1) is 17.5 Å². The number of amides is 1. The van der Waals surface area contributed by atoms with Gasteiger partial charge >= 0.3 is 0 Å². The molecule has 0 saturated carbocycles.